The van der Waals surface area contributed by atoms with E-state index >= 15 is 0 Å². The van der Waals surface area contributed by atoms with E-state index in [1.54, 1.807) is 0 Å². The maximum atomic E-state index is 10.3. The van der Waals surface area contributed by atoms with Crippen LogP contribution in [0.1, 0.15) is 12.0 Å². The van der Waals surface area contributed by atoms with Crippen LogP contribution in [0.25, 0.3) is 0 Å². The van der Waals surface area contributed by atoms with Gasteiger partial charge in [-0.3, -0.25) is 4.79 Å². The van der Waals surface area contributed by atoms with Crippen LogP contribution in [0.4, 0.5) is 0 Å². The van der Waals surface area contributed by atoms with E-state index in [1.165, 1.54) is 0 Å². The Hall–Kier alpha value is -1.57. The van der Waals surface area contributed by atoms with Crippen molar-refractivity contribution in [2.45, 2.75) is 12.8 Å². The number of rotatable bonds is 4. The van der Waals surface area contributed by atoms with Crippen molar-refractivity contribution in [2.24, 2.45) is 0 Å². The summed E-state index contributed by atoms with van der Waals surface area (Å²) in [6.07, 6.45) is 0.696. The largest absolute Gasteiger partial charge is 0.481 e. The van der Waals surface area contributed by atoms with Crippen LogP contribution in [0.5, 0.6) is 0 Å². The van der Waals surface area contributed by atoms with Crippen molar-refractivity contribution in [3.05, 3.63) is 48.0 Å². The Bertz CT molecular complexity index is 301. The summed E-state index contributed by atoms with van der Waals surface area (Å²) in [6, 6.07) is 9.73. The Morgan fingerprint density at radius 3 is 2.46 bits per heavy atom. The fraction of sp³-hybridized carbons (Fsp3) is 0.182. The van der Waals surface area contributed by atoms with E-state index in [0.717, 1.165) is 11.1 Å². The first-order chi connectivity index (χ1) is 6.18. The van der Waals surface area contributed by atoms with E-state index in [2.05, 4.69) is 6.58 Å². The van der Waals surface area contributed by atoms with Crippen molar-refractivity contribution >= 4 is 5.97 Å². The molecule has 0 atom stereocenters. The third kappa shape index (κ3) is 3.56. The maximum absolute atomic E-state index is 10.3. The quantitative estimate of drug-likeness (QED) is 0.714. The van der Waals surface area contributed by atoms with E-state index in [0.29, 0.717) is 6.42 Å². The maximum Gasteiger partial charge on any atom is 0.307 e. The zero-order valence-corrected chi connectivity index (χ0v) is 7.36. The highest BCUT2D eigenvalue weighted by atomic mass is 16.4. The number of benzene rings is 1. The van der Waals surface area contributed by atoms with Gasteiger partial charge >= 0.3 is 5.97 Å². The standard InChI is InChI=1S/C11H12O2/c1-9(8-11(12)13)7-10-5-3-2-4-6-10/h2-6H,1,7-8H2,(H,12,13). The van der Waals surface area contributed by atoms with Gasteiger partial charge in [-0.05, 0) is 12.0 Å². The molecule has 1 aromatic carbocycles. The summed E-state index contributed by atoms with van der Waals surface area (Å²) in [6.45, 7) is 3.71. The molecule has 0 aliphatic rings. The lowest BCUT2D eigenvalue weighted by atomic mass is 10.0. The lowest BCUT2D eigenvalue weighted by Crippen LogP contribution is -1.98. The molecule has 0 heterocycles. The van der Waals surface area contributed by atoms with Crippen LogP contribution in [0.3, 0.4) is 0 Å². The summed E-state index contributed by atoms with van der Waals surface area (Å²) in [5.74, 6) is -0.819. The lowest BCUT2D eigenvalue weighted by molar-refractivity contribution is -0.136. The molecular weight excluding hydrogens is 164 g/mol. The molecule has 0 aliphatic carbocycles. The smallest absolute Gasteiger partial charge is 0.307 e. The summed E-state index contributed by atoms with van der Waals surface area (Å²) in [4.78, 5) is 10.3. The third-order valence-electron chi connectivity index (χ3n) is 1.70. The molecule has 2 heteroatoms. The molecule has 0 saturated heterocycles. The average molecular weight is 176 g/mol. The topological polar surface area (TPSA) is 37.3 Å². The molecule has 0 unspecified atom stereocenters. The van der Waals surface area contributed by atoms with Crippen molar-refractivity contribution in [2.75, 3.05) is 0 Å². The van der Waals surface area contributed by atoms with Crippen LogP contribution in [0.15, 0.2) is 42.5 Å². The molecule has 0 fully saturated rings. The molecule has 2 nitrogen and oxygen atoms in total. The summed E-state index contributed by atoms with van der Waals surface area (Å²) in [5.41, 5.74) is 1.84. The number of carbonyl (C=O) groups is 1. The van der Waals surface area contributed by atoms with Crippen molar-refractivity contribution in [3.8, 4) is 0 Å². The first-order valence-corrected chi connectivity index (χ1v) is 4.11. The highest BCUT2D eigenvalue weighted by Crippen LogP contribution is 2.08. The van der Waals surface area contributed by atoms with Crippen molar-refractivity contribution in [1.29, 1.82) is 0 Å². The molecule has 1 rings (SSSR count). The fourth-order valence-corrected chi connectivity index (χ4v) is 1.16. The van der Waals surface area contributed by atoms with Crippen LogP contribution in [0.2, 0.25) is 0 Å². The van der Waals surface area contributed by atoms with Gasteiger partial charge in [0.15, 0.2) is 0 Å². The van der Waals surface area contributed by atoms with Gasteiger partial charge in [0.1, 0.15) is 0 Å². The predicted molar refractivity (Wildman–Crippen MR) is 51.5 cm³/mol. The summed E-state index contributed by atoms with van der Waals surface area (Å²) < 4.78 is 0. The number of carboxylic acids is 1. The van der Waals surface area contributed by atoms with E-state index < -0.39 is 5.97 Å². The summed E-state index contributed by atoms with van der Waals surface area (Å²) in [5, 5.41) is 8.50. The molecule has 0 aromatic heterocycles. The minimum Gasteiger partial charge on any atom is -0.481 e. The Balaban J connectivity index is 2.50. The second kappa shape index (κ2) is 4.45. The molecule has 0 saturated carbocycles. The Labute approximate surface area is 77.5 Å². The zero-order chi connectivity index (χ0) is 9.68. The number of hydrogen-bond acceptors (Lipinski definition) is 1. The van der Waals surface area contributed by atoms with E-state index in [4.69, 9.17) is 5.11 Å². The fourth-order valence-electron chi connectivity index (χ4n) is 1.16. The van der Waals surface area contributed by atoms with E-state index in [-0.39, 0.29) is 6.42 Å². The molecule has 0 spiro atoms. The lowest BCUT2D eigenvalue weighted by Gasteiger charge is -2.01. The van der Waals surface area contributed by atoms with Gasteiger partial charge in [-0.2, -0.15) is 0 Å². The molecule has 0 aliphatic heterocycles. The van der Waals surface area contributed by atoms with E-state index in [1.807, 2.05) is 30.3 Å². The normalized spacial score (nSPS) is 9.54. The van der Waals surface area contributed by atoms with Crippen molar-refractivity contribution in [1.82, 2.24) is 0 Å². The zero-order valence-electron chi connectivity index (χ0n) is 7.36. The van der Waals surface area contributed by atoms with Crippen LogP contribution >= 0.6 is 0 Å². The molecule has 68 valence electrons. The molecule has 0 amide bonds. The van der Waals surface area contributed by atoms with Gasteiger partial charge in [0.2, 0.25) is 0 Å². The van der Waals surface area contributed by atoms with Crippen LogP contribution in [-0.4, -0.2) is 11.1 Å². The predicted octanol–water partition coefficient (Wildman–Crippen LogP) is 2.26. The third-order valence-corrected chi connectivity index (χ3v) is 1.70. The summed E-state index contributed by atoms with van der Waals surface area (Å²) >= 11 is 0. The van der Waals surface area contributed by atoms with Gasteiger partial charge in [0.25, 0.3) is 0 Å². The minimum atomic E-state index is -0.819. The van der Waals surface area contributed by atoms with Crippen molar-refractivity contribution < 1.29 is 9.90 Å². The minimum absolute atomic E-state index is 0.0505. The molecular formula is C11H12O2. The number of aliphatic carboxylic acids is 1. The molecule has 1 N–H and O–H groups in total. The highest BCUT2D eigenvalue weighted by Gasteiger charge is 2.01. The average Bonchev–Trinajstić information content (AvgIpc) is 2.04. The second-order valence-corrected chi connectivity index (χ2v) is 2.98. The molecule has 0 bridgehead atoms. The monoisotopic (exact) mass is 176 g/mol. The first-order valence-electron chi connectivity index (χ1n) is 4.11. The Morgan fingerprint density at radius 1 is 1.31 bits per heavy atom. The molecule has 13 heavy (non-hydrogen) atoms. The SMILES string of the molecule is C=C(CC(=O)O)Cc1ccccc1. The summed E-state index contributed by atoms with van der Waals surface area (Å²) in [7, 11) is 0. The van der Waals surface area contributed by atoms with E-state index in [9.17, 15) is 4.79 Å². The Kier molecular flexibility index (Phi) is 3.26. The molecule has 0 radical (unpaired) electrons. The van der Waals surface area contributed by atoms with Gasteiger partial charge in [-0.1, -0.05) is 42.5 Å². The Morgan fingerprint density at radius 2 is 1.92 bits per heavy atom. The second-order valence-electron chi connectivity index (χ2n) is 2.98. The van der Waals surface area contributed by atoms with Crippen LogP contribution < -0.4 is 0 Å². The molecule has 1 aromatic rings. The van der Waals surface area contributed by atoms with Gasteiger partial charge in [-0.15, -0.1) is 0 Å². The first kappa shape index (κ1) is 9.52. The van der Waals surface area contributed by atoms with Crippen LogP contribution in [0, 0.1) is 0 Å². The van der Waals surface area contributed by atoms with Gasteiger partial charge in [0.05, 0.1) is 6.42 Å². The van der Waals surface area contributed by atoms with Crippen molar-refractivity contribution in [3.63, 3.8) is 0 Å². The number of carboxylic acid groups (broad SMARTS) is 1. The van der Waals surface area contributed by atoms with Gasteiger partial charge in [0, 0.05) is 0 Å². The van der Waals surface area contributed by atoms with Crippen LogP contribution in [-0.2, 0) is 11.2 Å². The van der Waals surface area contributed by atoms with Gasteiger partial charge in [-0.25, -0.2) is 0 Å². The number of hydrogen-bond donors (Lipinski definition) is 1. The van der Waals surface area contributed by atoms with Gasteiger partial charge < -0.3 is 5.11 Å². The highest BCUT2D eigenvalue weighted by molar-refractivity contribution is 5.69.